The van der Waals surface area contributed by atoms with Crippen molar-refractivity contribution < 1.29 is 14.7 Å². The van der Waals surface area contributed by atoms with Crippen molar-refractivity contribution in [2.45, 2.75) is 47.5 Å². The van der Waals surface area contributed by atoms with Crippen LogP contribution in [-0.2, 0) is 22.4 Å². The Morgan fingerprint density at radius 3 is 2.35 bits per heavy atom. The lowest BCUT2D eigenvalue weighted by Crippen LogP contribution is -2.29. The number of carboxylic acids is 1. The van der Waals surface area contributed by atoms with E-state index in [0.29, 0.717) is 0 Å². The van der Waals surface area contributed by atoms with Gasteiger partial charge in [-0.25, -0.2) is 0 Å². The van der Waals surface area contributed by atoms with Crippen LogP contribution in [0.2, 0.25) is 0 Å². The molecule has 0 aliphatic carbocycles. The molecule has 126 valence electrons. The number of rotatable bonds is 3. The van der Waals surface area contributed by atoms with E-state index < -0.39 is 11.4 Å². The minimum Gasteiger partial charge on any atom is -0.481 e. The minimum absolute atomic E-state index is 0.0208. The van der Waals surface area contributed by atoms with E-state index in [0.717, 1.165) is 46.6 Å². The molecule has 0 bridgehead atoms. The quantitative estimate of drug-likeness (QED) is 0.899. The Labute approximate surface area is 137 Å². The molecule has 1 aliphatic rings. The van der Waals surface area contributed by atoms with Crippen LogP contribution in [0.15, 0.2) is 0 Å². The first-order valence-corrected chi connectivity index (χ1v) is 7.93. The highest BCUT2D eigenvalue weighted by molar-refractivity contribution is 6.00. The molecule has 0 saturated heterocycles. The first-order valence-electron chi connectivity index (χ1n) is 7.93. The standard InChI is InChI=1S/C18H26N2O3/c1-10-12-7-8-20(6)16(12)15(19-17(23)18(3,4)5)11(2)13(10)9-14(21)22/h7-9H2,1-6H3,(H,19,23)(H,21,22). The lowest BCUT2D eigenvalue weighted by molar-refractivity contribution is -0.136. The summed E-state index contributed by atoms with van der Waals surface area (Å²) in [7, 11) is 2.01. The van der Waals surface area contributed by atoms with Gasteiger partial charge in [-0.05, 0) is 42.5 Å². The third-order valence-electron chi connectivity index (χ3n) is 4.58. The summed E-state index contributed by atoms with van der Waals surface area (Å²) >= 11 is 0. The molecule has 1 aliphatic heterocycles. The predicted molar refractivity (Wildman–Crippen MR) is 92.3 cm³/mol. The molecule has 0 atom stereocenters. The second-order valence-corrected chi connectivity index (χ2v) is 7.38. The van der Waals surface area contributed by atoms with E-state index in [1.165, 1.54) is 0 Å². The van der Waals surface area contributed by atoms with Gasteiger partial charge in [0.2, 0.25) is 5.91 Å². The summed E-state index contributed by atoms with van der Waals surface area (Å²) in [6.45, 7) is 10.4. The first-order chi connectivity index (χ1) is 10.5. The number of hydrogen-bond donors (Lipinski definition) is 2. The summed E-state index contributed by atoms with van der Waals surface area (Å²) in [4.78, 5) is 25.8. The number of aliphatic carboxylic acids is 1. The van der Waals surface area contributed by atoms with Crippen molar-refractivity contribution in [3.05, 3.63) is 22.3 Å². The number of amides is 1. The maximum Gasteiger partial charge on any atom is 0.307 e. The Kier molecular flexibility index (Phi) is 4.42. The third-order valence-corrected chi connectivity index (χ3v) is 4.58. The molecule has 23 heavy (non-hydrogen) atoms. The van der Waals surface area contributed by atoms with Gasteiger partial charge >= 0.3 is 5.97 Å². The number of anilines is 2. The number of benzene rings is 1. The molecule has 2 N–H and O–H groups in total. The maximum atomic E-state index is 12.5. The van der Waals surface area contributed by atoms with Crippen molar-refractivity contribution in [2.24, 2.45) is 5.41 Å². The van der Waals surface area contributed by atoms with E-state index >= 15 is 0 Å². The van der Waals surface area contributed by atoms with Gasteiger partial charge < -0.3 is 15.3 Å². The smallest absolute Gasteiger partial charge is 0.307 e. The second-order valence-electron chi connectivity index (χ2n) is 7.38. The van der Waals surface area contributed by atoms with Gasteiger partial charge in [0, 0.05) is 19.0 Å². The molecule has 1 heterocycles. The fourth-order valence-corrected chi connectivity index (χ4v) is 3.11. The molecule has 1 amide bonds. The van der Waals surface area contributed by atoms with Gasteiger partial charge in [-0.2, -0.15) is 0 Å². The zero-order chi connectivity index (χ0) is 17.5. The lowest BCUT2D eigenvalue weighted by Gasteiger charge is -2.26. The number of likely N-dealkylation sites (N-methyl/N-ethyl adjacent to an activating group) is 1. The van der Waals surface area contributed by atoms with Crippen LogP contribution >= 0.6 is 0 Å². The molecule has 5 nitrogen and oxygen atoms in total. The minimum atomic E-state index is -0.851. The van der Waals surface area contributed by atoms with Crippen LogP contribution in [0.3, 0.4) is 0 Å². The van der Waals surface area contributed by atoms with Gasteiger partial charge in [-0.1, -0.05) is 20.8 Å². The molecular formula is C18H26N2O3. The van der Waals surface area contributed by atoms with E-state index in [-0.39, 0.29) is 12.3 Å². The van der Waals surface area contributed by atoms with Gasteiger partial charge in [0.15, 0.2) is 0 Å². The molecule has 0 saturated carbocycles. The summed E-state index contributed by atoms with van der Waals surface area (Å²) in [6, 6.07) is 0. The number of hydrogen-bond acceptors (Lipinski definition) is 3. The van der Waals surface area contributed by atoms with Gasteiger partial charge in [0.25, 0.3) is 0 Å². The lowest BCUT2D eigenvalue weighted by atomic mass is 9.90. The Morgan fingerprint density at radius 1 is 1.22 bits per heavy atom. The zero-order valence-electron chi connectivity index (χ0n) is 14.8. The monoisotopic (exact) mass is 318 g/mol. The van der Waals surface area contributed by atoms with Crippen molar-refractivity contribution in [3.8, 4) is 0 Å². The Balaban J connectivity index is 2.62. The molecule has 0 spiro atoms. The number of fused-ring (bicyclic) bond motifs is 1. The van der Waals surface area contributed by atoms with E-state index in [9.17, 15) is 14.7 Å². The van der Waals surface area contributed by atoms with Crippen molar-refractivity contribution >= 4 is 23.3 Å². The summed E-state index contributed by atoms with van der Waals surface area (Å²) in [6.07, 6.45) is 0.857. The van der Waals surface area contributed by atoms with Crippen molar-refractivity contribution in [1.82, 2.24) is 0 Å². The van der Waals surface area contributed by atoms with Crippen LogP contribution in [0.5, 0.6) is 0 Å². The van der Waals surface area contributed by atoms with Crippen LogP contribution in [0, 0.1) is 19.3 Å². The predicted octanol–water partition coefficient (Wildman–Crippen LogP) is 2.91. The summed E-state index contributed by atoms with van der Waals surface area (Å²) < 4.78 is 0. The maximum absolute atomic E-state index is 12.5. The summed E-state index contributed by atoms with van der Waals surface area (Å²) in [5.41, 5.74) is 5.16. The largest absolute Gasteiger partial charge is 0.481 e. The fraction of sp³-hybridized carbons (Fsp3) is 0.556. The van der Waals surface area contributed by atoms with Gasteiger partial charge in [-0.3, -0.25) is 9.59 Å². The molecule has 1 aromatic carbocycles. The van der Waals surface area contributed by atoms with E-state index in [1.54, 1.807) is 0 Å². The normalized spacial score (nSPS) is 13.9. The third kappa shape index (κ3) is 3.19. The van der Waals surface area contributed by atoms with Crippen LogP contribution in [0.1, 0.15) is 43.0 Å². The van der Waals surface area contributed by atoms with Crippen molar-refractivity contribution in [2.75, 3.05) is 23.8 Å². The number of nitrogens with zero attached hydrogens (tertiary/aromatic N) is 1. The number of carboxylic acid groups (broad SMARTS) is 1. The fourth-order valence-electron chi connectivity index (χ4n) is 3.11. The molecule has 2 rings (SSSR count). The molecule has 0 aromatic heterocycles. The van der Waals surface area contributed by atoms with Crippen molar-refractivity contribution in [1.29, 1.82) is 0 Å². The Morgan fingerprint density at radius 2 is 1.83 bits per heavy atom. The molecule has 0 radical (unpaired) electrons. The van der Waals surface area contributed by atoms with E-state index in [1.807, 2.05) is 41.7 Å². The topological polar surface area (TPSA) is 69.6 Å². The highest BCUT2D eigenvalue weighted by Crippen LogP contribution is 2.42. The molecule has 1 aromatic rings. The number of carbonyl (C=O) groups excluding carboxylic acids is 1. The summed E-state index contributed by atoms with van der Waals surface area (Å²) in [5.74, 6) is -0.913. The number of nitrogens with one attached hydrogen (secondary N) is 1. The average molecular weight is 318 g/mol. The highest BCUT2D eigenvalue weighted by Gasteiger charge is 2.30. The zero-order valence-corrected chi connectivity index (χ0v) is 14.8. The van der Waals surface area contributed by atoms with Gasteiger partial charge in [-0.15, -0.1) is 0 Å². The SMILES string of the molecule is Cc1c(CC(=O)O)c(C)c(NC(=O)C(C)(C)C)c2c1CCN2C. The first kappa shape index (κ1) is 17.3. The van der Waals surface area contributed by atoms with Crippen LogP contribution in [-0.4, -0.2) is 30.6 Å². The Hall–Kier alpha value is -2.04. The van der Waals surface area contributed by atoms with Crippen LogP contribution < -0.4 is 10.2 Å². The summed E-state index contributed by atoms with van der Waals surface area (Å²) in [5, 5.41) is 12.3. The molecular weight excluding hydrogens is 292 g/mol. The Bertz CT molecular complexity index is 672. The molecule has 0 fully saturated rings. The number of carbonyl (C=O) groups is 2. The van der Waals surface area contributed by atoms with Crippen LogP contribution in [0.25, 0.3) is 0 Å². The molecule has 0 unspecified atom stereocenters. The average Bonchev–Trinajstić information content (AvgIpc) is 2.80. The van der Waals surface area contributed by atoms with E-state index in [4.69, 9.17) is 0 Å². The van der Waals surface area contributed by atoms with Gasteiger partial charge in [0.05, 0.1) is 17.8 Å². The van der Waals surface area contributed by atoms with E-state index in [2.05, 4.69) is 10.2 Å². The van der Waals surface area contributed by atoms with Crippen molar-refractivity contribution in [3.63, 3.8) is 0 Å². The van der Waals surface area contributed by atoms with Gasteiger partial charge in [0.1, 0.15) is 0 Å². The molecule has 5 heteroatoms. The second kappa shape index (κ2) is 5.87. The highest BCUT2D eigenvalue weighted by atomic mass is 16.4. The van der Waals surface area contributed by atoms with Crippen LogP contribution in [0.4, 0.5) is 11.4 Å².